The Morgan fingerprint density at radius 1 is 1.17 bits per heavy atom. The minimum absolute atomic E-state index is 0.0648. The lowest BCUT2D eigenvalue weighted by molar-refractivity contribution is 0.0862. The summed E-state index contributed by atoms with van der Waals surface area (Å²) < 4.78 is 13.8. The monoisotopic (exact) mass is 325 g/mol. The number of rotatable bonds is 2. The van der Waals surface area contributed by atoms with Gasteiger partial charge in [-0.2, -0.15) is 0 Å². The van der Waals surface area contributed by atoms with E-state index >= 15 is 0 Å². The van der Waals surface area contributed by atoms with Crippen LogP contribution in [-0.2, 0) is 6.42 Å². The number of hydrogen-bond donors (Lipinski definition) is 1. The molecule has 4 heteroatoms. The van der Waals surface area contributed by atoms with Crippen LogP contribution >= 0.6 is 0 Å². The summed E-state index contributed by atoms with van der Waals surface area (Å²) in [6.45, 7) is 7.52. The van der Waals surface area contributed by atoms with Crippen molar-refractivity contribution in [2.45, 2.75) is 34.1 Å². The molecular formula is C20H20FNO2. The Kier molecular flexibility index (Phi) is 3.78. The molecule has 24 heavy (non-hydrogen) atoms. The second kappa shape index (κ2) is 5.55. The lowest BCUT2D eigenvalue weighted by Crippen LogP contribution is -2.19. The number of aryl methyl sites for hydroxylation is 2. The molecule has 1 aliphatic carbocycles. The van der Waals surface area contributed by atoms with Crippen LogP contribution < -0.4 is 5.32 Å². The van der Waals surface area contributed by atoms with E-state index in [0.717, 1.165) is 16.7 Å². The maximum absolute atomic E-state index is 13.8. The third kappa shape index (κ3) is 2.52. The molecule has 0 saturated heterocycles. The molecule has 124 valence electrons. The molecule has 0 spiro atoms. The average Bonchev–Trinajstić information content (AvgIpc) is 2.72. The van der Waals surface area contributed by atoms with Gasteiger partial charge < -0.3 is 5.32 Å². The Labute approximate surface area is 140 Å². The Hall–Kier alpha value is -2.49. The molecule has 0 aliphatic heterocycles. The SMILES string of the molecule is Cc1cc(C)c2c(c1C(=O)Nc1ccccc1F)CC(C)(C)C2=O. The topological polar surface area (TPSA) is 46.2 Å². The molecule has 1 aliphatic rings. The molecule has 0 bridgehead atoms. The normalized spacial score (nSPS) is 15.3. The number of para-hydroxylation sites is 1. The third-order valence-electron chi connectivity index (χ3n) is 4.63. The van der Waals surface area contributed by atoms with Gasteiger partial charge in [0, 0.05) is 16.5 Å². The fourth-order valence-electron chi connectivity index (χ4n) is 3.49. The van der Waals surface area contributed by atoms with Crippen LogP contribution in [0.1, 0.15) is 51.3 Å². The molecule has 0 atom stereocenters. The first-order chi connectivity index (χ1) is 11.2. The minimum Gasteiger partial charge on any atom is -0.319 e. The van der Waals surface area contributed by atoms with Gasteiger partial charge in [-0.05, 0) is 49.1 Å². The van der Waals surface area contributed by atoms with Gasteiger partial charge in [-0.1, -0.05) is 32.0 Å². The lowest BCUT2D eigenvalue weighted by Gasteiger charge is -2.15. The van der Waals surface area contributed by atoms with Crippen molar-refractivity contribution in [1.29, 1.82) is 0 Å². The number of ketones is 1. The van der Waals surface area contributed by atoms with Crippen molar-refractivity contribution in [1.82, 2.24) is 0 Å². The largest absolute Gasteiger partial charge is 0.319 e. The summed E-state index contributed by atoms with van der Waals surface area (Å²) in [6.07, 6.45) is 0.518. The molecule has 1 N–H and O–H groups in total. The average molecular weight is 325 g/mol. The zero-order chi connectivity index (χ0) is 17.6. The smallest absolute Gasteiger partial charge is 0.256 e. The molecule has 2 aromatic rings. The van der Waals surface area contributed by atoms with E-state index in [-0.39, 0.29) is 17.4 Å². The summed E-state index contributed by atoms with van der Waals surface area (Å²) in [6, 6.07) is 7.91. The molecule has 0 heterocycles. The summed E-state index contributed by atoms with van der Waals surface area (Å²) >= 11 is 0. The van der Waals surface area contributed by atoms with Crippen LogP contribution in [0.15, 0.2) is 30.3 Å². The van der Waals surface area contributed by atoms with Crippen LogP contribution in [0.25, 0.3) is 0 Å². The number of anilines is 1. The van der Waals surface area contributed by atoms with Gasteiger partial charge in [-0.25, -0.2) is 4.39 Å². The van der Waals surface area contributed by atoms with Gasteiger partial charge in [-0.3, -0.25) is 9.59 Å². The van der Waals surface area contributed by atoms with Crippen LogP contribution in [0.4, 0.5) is 10.1 Å². The maximum atomic E-state index is 13.8. The quantitative estimate of drug-likeness (QED) is 0.886. The van der Waals surface area contributed by atoms with E-state index in [1.807, 2.05) is 33.8 Å². The second-order valence-corrected chi connectivity index (χ2v) is 7.06. The lowest BCUT2D eigenvalue weighted by atomic mass is 9.88. The highest BCUT2D eigenvalue weighted by atomic mass is 19.1. The molecule has 0 fully saturated rings. The number of carbonyl (C=O) groups excluding carboxylic acids is 2. The van der Waals surface area contributed by atoms with Gasteiger partial charge in [0.15, 0.2) is 5.78 Å². The van der Waals surface area contributed by atoms with E-state index < -0.39 is 11.2 Å². The first-order valence-electron chi connectivity index (χ1n) is 7.96. The van der Waals surface area contributed by atoms with Gasteiger partial charge in [0.2, 0.25) is 0 Å². The van der Waals surface area contributed by atoms with Crippen LogP contribution in [0, 0.1) is 25.1 Å². The number of amides is 1. The van der Waals surface area contributed by atoms with E-state index in [9.17, 15) is 14.0 Å². The van der Waals surface area contributed by atoms with Gasteiger partial charge in [0.25, 0.3) is 5.91 Å². The highest BCUT2D eigenvalue weighted by molar-refractivity contribution is 6.12. The zero-order valence-corrected chi connectivity index (χ0v) is 14.3. The van der Waals surface area contributed by atoms with E-state index in [2.05, 4.69) is 5.32 Å². The summed E-state index contributed by atoms with van der Waals surface area (Å²) in [5, 5.41) is 2.63. The molecule has 0 aromatic heterocycles. The molecule has 1 amide bonds. The number of halogens is 1. The number of hydrogen-bond acceptors (Lipinski definition) is 2. The molecule has 0 unspecified atom stereocenters. The number of Topliss-reactive ketones (excluding diaryl/α,β-unsaturated/α-hetero) is 1. The van der Waals surface area contributed by atoms with Crippen LogP contribution in [0.2, 0.25) is 0 Å². The summed E-state index contributed by atoms with van der Waals surface area (Å²) in [7, 11) is 0. The molecule has 3 nitrogen and oxygen atoms in total. The highest BCUT2D eigenvalue weighted by Gasteiger charge is 2.41. The van der Waals surface area contributed by atoms with Crippen LogP contribution in [0.5, 0.6) is 0 Å². The van der Waals surface area contributed by atoms with E-state index in [4.69, 9.17) is 0 Å². The van der Waals surface area contributed by atoms with Crippen molar-refractivity contribution in [3.05, 3.63) is 64.0 Å². The predicted molar refractivity (Wildman–Crippen MR) is 92.1 cm³/mol. The summed E-state index contributed by atoms with van der Waals surface area (Å²) in [5.74, 6) is -0.794. The summed E-state index contributed by atoms with van der Waals surface area (Å²) in [4.78, 5) is 25.4. The van der Waals surface area contributed by atoms with E-state index in [0.29, 0.717) is 17.5 Å². The van der Waals surface area contributed by atoms with Gasteiger partial charge >= 0.3 is 0 Å². The van der Waals surface area contributed by atoms with Crippen molar-refractivity contribution >= 4 is 17.4 Å². The van der Waals surface area contributed by atoms with Gasteiger partial charge in [0.05, 0.1) is 5.69 Å². The zero-order valence-electron chi connectivity index (χ0n) is 14.3. The Balaban J connectivity index is 2.09. The fourth-order valence-corrected chi connectivity index (χ4v) is 3.49. The number of fused-ring (bicyclic) bond motifs is 1. The second-order valence-electron chi connectivity index (χ2n) is 7.06. The van der Waals surface area contributed by atoms with E-state index in [1.54, 1.807) is 12.1 Å². The first-order valence-corrected chi connectivity index (χ1v) is 7.96. The standard InChI is InChI=1S/C20H20FNO2/c1-11-9-12(2)17(13-10-20(3,4)18(23)16(11)13)19(24)22-15-8-6-5-7-14(15)21/h5-9H,10H2,1-4H3,(H,22,24). The van der Waals surface area contributed by atoms with Gasteiger partial charge in [0.1, 0.15) is 5.82 Å². The number of carbonyl (C=O) groups is 2. The van der Waals surface area contributed by atoms with Crippen molar-refractivity contribution in [2.75, 3.05) is 5.32 Å². The Morgan fingerprint density at radius 2 is 1.83 bits per heavy atom. The fraction of sp³-hybridized carbons (Fsp3) is 0.300. The highest BCUT2D eigenvalue weighted by Crippen LogP contribution is 2.40. The number of benzene rings is 2. The minimum atomic E-state index is -0.520. The number of nitrogens with one attached hydrogen (secondary N) is 1. The van der Waals surface area contributed by atoms with Crippen molar-refractivity contribution < 1.29 is 14.0 Å². The molecule has 2 aromatic carbocycles. The van der Waals surface area contributed by atoms with Crippen molar-refractivity contribution in [3.63, 3.8) is 0 Å². The molecule has 0 radical (unpaired) electrons. The molecule has 0 saturated carbocycles. The van der Waals surface area contributed by atoms with Crippen LogP contribution in [-0.4, -0.2) is 11.7 Å². The third-order valence-corrected chi connectivity index (χ3v) is 4.63. The summed E-state index contributed by atoms with van der Waals surface area (Å²) in [5.41, 5.74) is 3.21. The van der Waals surface area contributed by atoms with Crippen LogP contribution in [0.3, 0.4) is 0 Å². The van der Waals surface area contributed by atoms with E-state index in [1.165, 1.54) is 12.1 Å². The predicted octanol–water partition coefficient (Wildman–Crippen LogP) is 4.46. The van der Waals surface area contributed by atoms with Crippen molar-refractivity contribution in [2.24, 2.45) is 5.41 Å². The first kappa shape index (κ1) is 16.4. The van der Waals surface area contributed by atoms with Crippen molar-refractivity contribution in [3.8, 4) is 0 Å². The van der Waals surface area contributed by atoms with Gasteiger partial charge in [-0.15, -0.1) is 0 Å². The Bertz CT molecular complexity index is 868. The Morgan fingerprint density at radius 3 is 2.50 bits per heavy atom. The molecule has 3 rings (SSSR count). The molecular weight excluding hydrogens is 305 g/mol. The maximum Gasteiger partial charge on any atom is 0.256 e.